The van der Waals surface area contributed by atoms with E-state index in [9.17, 15) is 0 Å². The smallest absolute Gasteiger partial charge is 0.224 e. The van der Waals surface area contributed by atoms with Crippen molar-refractivity contribution in [3.05, 3.63) is 0 Å². The Hall–Kier alpha value is 0.0997. The van der Waals surface area contributed by atoms with Crippen molar-refractivity contribution >= 4 is 27.4 Å². The second-order valence-electron chi connectivity index (χ2n) is 9.72. The largest absolute Gasteiger partial charge is 0.347 e. The zero-order valence-electron chi connectivity index (χ0n) is 17.2. The summed E-state index contributed by atoms with van der Waals surface area (Å²) in [5, 5.41) is 0. The zero-order valence-corrected chi connectivity index (χ0v) is 17.2. The van der Waals surface area contributed by atoms with E-state index in [1.54, 1.807) is 0 Å². The fourth-order valence-electron chi connectivity index (χ4n) is 6.66. The van der Waals surface area contributed by atoms with Crippen LogP contribution in [0, 0.1) is 0 Å². The first-order valence-corrected chi connectivity index (χ1v) is 9.88. The molecule has 6 rings (SSSR count). The summed E-state index contributed by atoms with van der Waals surface area (Å²) in [7, 11) is 18.5. The quantitative estimate of drug-likeness (QED) is 0.729. The van der Waals surface area contributed by atoms with Gasteiger partial charge in [-0.3, -0.25) is 0 Å². The Morgan fingerprint density at radius 1 is 0.417 bits per heavy atom. The summed E-state index contributed by atoms with van der Waals surface area (Å²) >= 11 is 0. The van der Waals surface area contributed by atoms with Crippen LogP contribution in [0.25, 0.3) is 0 Å². The lowest BCUT2D eigenvalue weighted by molar-refractivity contribution is 0.478. The summed E-state index contributed by atoms with van der Waals surface area (Å²) in [4.78, 5) is 10.2. The maximum absolute atomic E-state index is 2.54. The monoisotopic (exact) mass is 328 g/mol. The lowest BCUT2D eigenvalue weighted by Gasteiger charge is -2.58. The van der Waals surface area contributed by atoms with Crippen LogP contribution >= 0.6 is 0 Å². The summed E-state index contributed by atoms with van der Waals surface area (Å²) in [5.41, 5.74) is 0. The zero-order chi connectivity index (χ0) is 17.8. The van der Waals surface area contributed by atoms with E-state index in [4.69, 9.17) is 0 Å². The van der Waals surface area contributed by atoms with E-state index in [0.717, 1.165) is 50.7 Å². The Kier molecular flexibility index (Phi) is 5.52. The number of rotatable bonds is 4. The SMILES string of the molecule is CN(C)B1C[C@@H]2B(N(C)C)C[C@H]1[C@H]1CB(N(C)C)[C@@H]2CB1N(C)C. The molecule has 4 atom stereocenters. The van der Waals surface area contributed by atoms with E-state index in [0.29, 0.717) is 0 Å². The Morgan fingerprint density at radius 2 is 0.583 bits per heavy atom. The third kappa shape index (κ3) is 3.13. The van der Waals surface area contributed by atoms with Crippen LogP contribution in [0.4, 0.5) is 0 Å². The van der Waals surface area contributed by atoms with Crippen LogP contribution in [0.1, 0.15) is 0 Å². The average molecular weight is 328 g/mol. The van der Waals surface area contributed by atoms with Gasteiger partial charge in [0.1, 0.15) is 0 Å². The summed E-state index contributed by atoms with van der Waals surface area (Å²) in [5.74, 6) is 3.33. The Labute approximate surface area is 152 Å². The molecule has 0 radical (unpaired) electrons. The average Bonchev–Trinajstić information content (AvgIpc) is 2.48. The molecule has 6 aliphatic heterocycles. The van der Waals surface area contributed by atoms with Crippen LogP contribution in [0.15, 0.2) is 0 Å². The predicted octanol–water partition coefficient (Wildman–Crippen LogP) is 1.72. The number of hydrogen-bond acceptors (Lipinski definition) is 4. The van der Waals surface area contributed by atoms with Crippen molar-refractivity contribution in [2.45, 2.75) is 48.5 Å². The van der Waals surface area contributed by atoms with Gasteiger partial charge in [-0.1, -0.05) is 48.5 Å². The summed E-state index contributed by atoms with van der Waals surface area (Å²) < 4.78 is 0. The highest BCUT2D eigenvalue weighted by atomic mass is 15.0. The fraction of sp³-hybridized carbons (Fsp3) is 1.00. The van der Waals surface area contributed by atoms with Crippen molar-refractivity contribution in [1.29, 1.82) is 0 Å². The van der Waals surface area contributed by atoms with E-state index in [2.05, 4.69) is 75.6 Å². The van der Waals surface area contributed by atoms with Crippen molar-refractivity contribution in [3.8, 4) is 0 Å². The molecule has 0 aromatic carbocycles. The normalized spacial score (nSPS) is 33.5. The minimum absolute atomic E-state index is 0.768. The maximum Gasteiger partial charge on any atom is 0.224 e. The summed E-state index contributed by atoms with van der Waals surface area (Å²) in [6, 6.07) is 0. The molecule has 132 valence electrons. The number of hydrogen-bond donors (Lipinski definition) is 0. The molecule has 0 amide bonds. The van der Waals surface area contributed by atoms with Gasteiger partial charge in [0, 0.05) is 0 Å². The van der Waals surface area contributed by atoms with Crippen LogP contribution in [0.5, 0.6) is 0 Å². The molecule has 24 heavy (non-hydrogen) atoms. The molecule has 0 aromatic rings. The van der Waals surface area contributed by atoms with Crippen molar-refractivity contribution in [2.75, 3.05) is 56.4 Å². The van der Waals surface area contributed by atoms with Crippen LogP contribution in [-0.2, 0) is 0 Å². The minimum Gasteiger partial charge on any atom is -0.347 e. The highest BCUT2D eigenvalue weighted by molar-refractivity contribution is 6.78. The highest BCUT2D eigenvalue weighted by Gasteiger charge is 2.59. The van der Waals surface area contributed by atoms with Crippen LogP contribution in [0.2, 0.25) is 48.5 Å². The molecule has 0 aliphatic carbocycles. The lowest BCUT2D eigenvalue weighted by Crippen LogP contribution is -2.63. The van der Waals surface area contributed by atoms with E-state index in [-0.39, 0.29) is 0 Å². The summed E-state index contributed by atoms with van der Waals surface area (Å²) in [6.07, 6.45) is 5.58. The molecular weight excluding hydrogens is 291 g/mol. The van der Waals surface area contributed by atoms with Crippen LogP contribution in [-0.4, -0.2) is 103 Å². The number of nitrogens with zero attached hydrogens (tertiary/aromatic N) is 4. The molecule has 4 bridgehead atoms. The van der Waals surface area contributed by atoms with Gasteiger partial charge in [0.15, 0.2) is 0 Å². The van der Waals surface area contributed by atoms with Crippen molar-refractivity contribution in [1.82, 2.24) is 19.2 Å². The van der Waals surface area contributed by atoms with E-state index >= 15 is 0 Å². The van der Waals surface area contributed by atoms with E-state index < -0.39 is 0 Å². The second-order valence-corrected chi connectivity index (χ2v) is 9.72. The van der Waals surface area contributed by atoms with E-state index in [1.165, 1.54) is 25.3 Å². The molecule has 0 aromatic heterocycles. The lowest BCUT2D eigenvalue weighted by atomic mass is 9.09. The first kappa shape index (κ1) is 18.9. The second kappa shape index (κ2) is 7.02. The molecule has 0 unspecified atom stereocenters. The van der Waals surface area contributed by atoms with Gasteiger partial charge in [-0.2, -0.15) is 0 Å². The van der Waals surface area contributed by atoms with Crippen molar-refractivity contribution in [3.63, 3.8) is 0 Å². The van der Waals surface area contributed by atoms with Gasteiger partial charge in [0.2, 0.25) is 27.4 Å². The molecule has 6 aliphatic rings. The molecule has 0 N–H and O–H groups in total. The van der Waals surface area contributed by atoms with Gasteiger partial charge < -0.3 is 19.2 Å². The molecular formula is C16H36B4N4. The topological polar surface area (TPSA) is 13.0 Å². The molecule has 4 nitrogen and oxygen atoms in total. The van der Waals surface area contributed by atoms with Crippen molar-refractivity contribution < 1.29 is 0 Å². The Balaban J connectivity index is 2.03. The van der Waals surface area contributed by atoms with Gasteiger partial charge in [0.25, 0.3) is 0 Å². The Morgan fingerprint density at radius 3 is 0.708 bits per heavy atom. The van der Waals surface area contributed by atoms with Gasteiger partial charge >= 0.3 is 0 Å². The molecule has 6 heterocycles. The van der Waals surface area contributed by atoms with Gasteiger partial charge in [0.05, 0.1) is 0 Å². The van der Waals surface area contributed by atoms with Crippen LogP contribution in [0.3, 0.4) is 0 Å². The molecule has 8 heteroatoms. The first-order valence-electron chi connectivity index (χ1n) is 9.88. The Bertz CT molecular complexity index is 368. The molecule has 6 fully saturated rings. The van der Waals surface area contributed by atoms with Gasteiger partial charge in [-0.25, -0.2) is 0 Å². The van der Waals surface area contributed by atoms with E-state index in [1.807, 2.05) is 0 Å². The fourth-order valence-corrected chi connectivity index (χ4v) is 6.66. The summed E-state index contributed by atoms with van der Waals surface area (Å²) in [6.45, 7) is 3.07. The maximum atomic E-state index is 2.54. The third-order valence-electron chi connectivity index (χ3n) is 7.78. The standard InChI is InChI=1S/C16H36B4N4/c1-21(2)17-9-14-16-12-19(23(5)6)15(11-20(16)24(7)8)13(17)10-18(14)22(3)4/h13-16H,9-12H2,1-8H3/t13-,14-,15+,16+. The molecule has 6 saturated heterocycles. The van der Waals surface area contributed by atoms with Gasteiger partial charge in [-0.05, 0) is 56.4 Å². The molecule has 0 saturated carbocycles. The minimum atomic E-state index is 0.768. The van der Waals surface area contributed by atoms with Crippen LogP contribution < -0.4 is 0 Å². The predicted molar refractivity (Wildman–Crippen MR) is 112 cm³/mol. The highest BCUT2D eigenvalue weighted by Crippen LogP contribution is 2.61. The third-order valence-corrected chi connectivity index (χ3v) is 7.78. The molecule has 0 spiro atoms. The van der Waals surface area contributed by atoms with Gasteiger partial charge in [-0.15, -0.1) is 0 Å². The van der Waals surface area contributed by atoms with Crippen molar-refractivity contribution in [2.24, 2.45) is 0 Å². The first-order chi connectivity index (χ1) is 11.2.